The van der Waals surface area contributed by atoms with Gasteiger partial charge in [0, 0.05) is 12.6 Å². The molecule has 0 bridgehead atoms. The van der Waals surface area contributed by atoms with Crippen LogP contribution >= 0.6 is 0 Å². The Morgan fingerprint density at radius 1 is 1.26 bits per heavy atom. The SMILES string of the molecule is CC(=O)Nc1ccc(CCC(O)C(F)C(C)=O)cc1. The number of hydrogen-bond donors (Lipinski definition) is 2. The fourth-order valence-corrected chi connectivity index (χ4v) is 1.69. The maximum absolute atomic E-state index is 13.2. The Labute approximate surface area is 111 Å². The monoisotopic (exact) mass is 267 g/mol. The maximum Gasteiger partial charge on any atom is 0.221 e. The summed E-state index contributed by atoms with van der Waals surface area (Å²) in [6.45, 7) is 2.55. The molecule has 2 atom stereocenters. The molecule has 0 spiro atoms. The number of aliphatic hydroxyl groups excluding tert-OH is 1. The van der Waals surface area contributed by atoms with Crippen LogP contribution in [0.3, 0.4) is 0 Å². The minimum Gasteiger partial charge on any atom is -0.390 e. The van der Waals surface area contributed by atoms with Crippen LogP contribution in [0.4, 0.5) is 10.1 Å². The third-order valence-corrected chi connectivity index (χ3v) is 2.73. The largest absolute Gasteiger partial charge is 0.390 e. The Bertz CT molecular complexity index is 445. The first-order valence-corrected chi connectivity index (χ1v) is 6.09. The predicted octanol–water partition coefficient (Wildman–Crippen LogP) is 1.87. The van der Waals surface area contributed by atoms with Gasteiger partial charge < -0.3 is 10.4 Å². The second-order valence-corrected chi connectivity index (χ2v) is 4.50. The average Bonchev–Trinajstić information content (AvgIpc) is 2.35. The number of hydrogen-bond acceptors (Lipinski definition) is 3. The van der Waals surface area contributed by atoms with E-state index in [1.807, 2.05) is 0 Å². The normalized spacial score (nSPS) is 13.7. The molecule has 2 unspecified atom stereocenters. The molecule has 5 heteroatoms. The highest BCUT2D eigenvalue weighted by Crippen LogP contribution is 2.14. The van der Waals surface area contributed by atoms with Gasteiger partial charge in [0.15, 0.2) is 12.0 Å². The van der Waals surface area contributed by atoms with E-state index in [-0.39, 0.29) is 12.3 Å². The minimum absolute atomic E-state index is 0.148. The molecule has 0 aliphatic heterocycles. The van der Waals surface area contributed by atoms with E-state index >= 15 is 0 Å². The van der Waals surface area contributed by atoms with Crippen LogP contribution in [-0.4, -0.2) is 29.1 Å². The molecule has 0 aliphatic rings. The summed E-state index contributed by atoms with van der Waals surface area (Å²) >= 11 is 0. The number of aliphatic hydroxyl groups is 1. The quantitative estimate of drug-likeness (QED) is 0.826. The Morgan fingerprint density at radius 3 is 2.32 bits per heavy atom. The number of carbonyl (C=O) groups excluding carboxylic acids is 2. The molecule has 1 amide bonds. The molecule has 2 N–H and O–H groups in total. The highest BCUT2D eigenvalue weighted by Gasteiger charge is 2.22. The molecular formula is C14H18FNO3. The lowest BCUT2D eigenvalue weighted by atomic mass is 10.0. The van der Waals surface area contributed by atoms with Gasteiger partial charge in [0.2, 0.25) is 5.91 Å². The first kappa shape index (κ1) is 15.3. The van der Waals surface area contributed by atoms with E-state index in [1.165, 1.54) is 6.92 Å². The topological polar surface area (TPSA) is 66.4 Å². The molecule has 0 aromatic heterocycles. The molecule has 0 radical (unpaired) electrons. The van der Waals surface area contributed by atoms with Crippen LogP contribution in [0.1, 0.15) is 25.8 Å². The summed E-state index contributed by atoms with van der Waals surface area (Å²) in [6.07, 6.45) is -2.44. The van der Waals surface area contributed by atoms with Crippen LogP contribution in [0.5, 0.6) is 0 Å². The van der Waals surface area contributed by atoms with Crippen molar-refractivity contribution in [2.24, 2.45) is 0 Å². The number of ketones is 1. The van der Waals surface area contributed by atoms with Crippen LogP contribution in [0.15, 0.2) is 24.3 Å². The lowest BCUT2D eigenvalue weighted by molar-refractivity contribution is -0.125. The van der Waals surface area contributed by atoms with Crippen LogP contribution in [0.25, 0.3) is 0 Å². The number of halogens is 1. The zero-order valence-electron chi connectivity index (χ0n) is 11.0. The maximum atomic E-state index is 13.2. The van der Waals surface area contributed by atoms with Crippen molar-refractivity contribution in [3.63, 3.8) is 0 Å². The summed E-state index contributed by atoms with van der Waals surface area (Å²) in [4.78, 5) is 21.6. The van der Waals surface area contributed by atoms with E-state index in [0.29, 0.717) is 12.1 Å². The molecule has 19 heavy (non-hydrogen) atoms. The second-order valence-electron chi connectivity index (χ2n) is 4.50. The number of rotatable bonds is 6. The van der Waals surface area contributed by atoms with E-state index in [1.54, 1.807) is 24.3 Å². The van der Waals surface area contributed by atoms with Crippen molar-refractivity contribution >= 4 is 17.4 Å². The Hall–Kier alpha value is -1.75. The summed E-state index contributed by atoms with van der Waals surface area (Å²) in [5.74, 6) is -0.807. The van der Waals surface area contributed by atoms with Crippen molar-refractivity contribution in [3.05, 3.63) is 29.8 Å². The number of anilines is 1. The average molecular weight is 267 g/mol. The van der Waals surface area contributed by atoms with Crippen LogP contribution in [-0.2, 0) is 16.0 Å². The van der Waals surface area contributed by atoms with Crippen molar-refractivity contribution in [2.75, 3.05) is 5.32 Å². The first-order chi connectivity index (χ1) is 8.90. The van der Waals surface area contributed by atoms with Gasteiger partial charge >= 0.3 is 0 Å². The van der Waals surface area contributed by atoms with E-state index < -0.39 is 18.1 Å². The molecule has 1 aromatic carbocycles. The number of nitrogens with one attached hydrogen (secondary N) is 1. The number of benzene rings is 1. The van der Waals surface area contributed by atoms with Gasteiger partial charge in [-0.2, -0.15) is 0 Å². The van der Waals surface area contributed by atoms with Gasteiger partial charge in [0.05, 0.1) is 6.10 Å². The number of Topliss-reactive ketones (excluding diaryl/α,β-unsaturated/α-hetero) is 1. The van der Waals surface area contributed by atoms with Crippen LogP contribution < -0.4 is 5.32 Å². The third kappa shape index (κ3) is 5.18. The second kappa shape index (κ2) is 6.99. The number of aryl methyl sites for hydroxylation is 1. The fraction of sp³-hybridized carbons (Fsp3) is 0.429. The highest BCUT2D eigenvalue weighted by atomic mass is 19.1. The van der Waals surface area contributed by atoms with Crippen molar-refractivity contribution < 1.29 is 19.1 Å². The van der Waals surface area contributed by atoms with Gasteiger partial charge in [-0.3, -0.25) is 9.59 Å². The molecule has 4 nitrogen and oxygen atoms in total. The van der Waals surface area contributed by atoms with Crippen molar-refractivity contribution in [2.45, 2.75) is 39.0 Å². The van der Waals surface area contributed by atoms with E-state index in [9.17, 15) is 19.1 Å². The van der Waals surface area contributed by atoms with Gasteiger partial charge in [-0.1, -0.05) is 12.1 Å². The summed E-state index contributed by atoms with van der Waals surface area (Å²) in [5, 5.41) is 12.1. The van der Waals surface area contributed by atoms with Crippen molar-refractivity contribution in [1.82, 2.24) is 0 Å². The molecule has 0 aliphatic carbocycles. The number of alkyl halides is 1. The Morgan fingerprint density at radius 2 is 1.84 bits per heavy atom. The number of carbonyl (C=O) groups is 2. The molecule has 1 aromatic rings. The third-order valence-electron chi connectivity index (χ3n) is 2.73. The standard InChI is InChI=1S/C14H18FNO3/c1-9(17)14(15)13(19)8-5-11-3-6-12(7-4-11)16-10(2)18/h3-4,6-7,13-14,19H,5,8H2,1-2H3,(H,16,18). The molecule has 0 saturated heterocycles. The summed E-state index contributed by atoms with van der Waals surface area (Å²) in [6, 6.07) is 7.06. The van der Waals surface area contributed by atoms with Crippen LogP contribution in [0, 0.1) is 0 Å². The van der Waals surface area contributed by atoms with E-state index in [2.05, 4.69) is 5.32 Å². The fourth-order valence-electron chi connectivity index (χ4n) is 1.69. The molecule has 0 saturated carbocycles. The molecule has 0 fully saturated rings. The smallest absolute Gasteiger partial charge is 0.221 e. The Kier molecular flexibility index (Phi) is 5.63. The van der Waals surface area contributed by atoms with Crippen molar-refractivity contribution in [1.29, 1.82) is 0 Å². The lowest BCUT2D eigenvalue weighted by Gasteiger charge is -2.13. The Balaban J connectivity index is 2.50. The van der Waals surface area contributed by atoms with Crippen molar-refractivity contribution in [3.8, 4) is 0 Å². The summed E-state index contributed by atoms with van der Waals surface area (Å²) < 4.78 is 13.2. The van der Waals surface area contributed by atoms with Gasteiger partial charge in [-0.05, 0) is 37.5 Å². The zero-order valence-corrected chi connectivity index (χ0v) is 11.0. The molecule has 104 valence electrons. The summed E-state index contributed by atoms with van der Waals surface area (Å²) in [5.41, 5.74) is 1.59. The number of amides is 1. The highest BCUT2D eigenvalue weighted by molar-refractivity contribution is 5.88. The molecule has 1 rings (SSSR count). The zero-order chi connectivity index (χ0) is 14.4. The van der Waals surface area contributed by atoms with Crippen LogP contribution in [0.2, 0.25) is 0 Å². The lowest BCUT2D eigenvalue weighted by Crippen LogP contribution is -2.28. The van der Waals surface area contributed by atoms with Gasteiger partial charge in [0.1, 0.15) is 0 Å². The predicted molar refractivity (Wildman–Crippen MR) is 70.7 cm³/mol. The van der Waals surface area contributed by atoms with Gasteiger partial charge in [-0.15, -0.1) is 0 Å². The summed E-state index contributed by atoms with van der Waals surface area (Å²) in [7, 11) is 0. The molecule has 0 heterocycles. The van der Waals surface area contributed by atoms with E-state index in [4.69, 9.17) is 0 Å². The van der Waals surface area contributed by atoms with E-state index in [0.717, 1.165) is 12.5 Å². The van der Waals surface area contributed by atoms with Gasteiger partial charge in [-0.25, -0.2) is 4.39 Å². The first-order valence-electron chi connectivity index (χ1n) is 6.09. The minimum atomic E-state index is -1.82. The molecular weight excluding hydrogens is 249 g/mol. The van der Waals surface area contributed by atoms with Gasteiger partial charge in [0.25, 0.3) is 0 Å².